The molecule has 1 heterocycles. The summed E-state index contributed by atoms with van der Waals surface area (Å²) >= 11 is 1.19. The molecule has 1 aromatic heterocycles. The second kappa shape index (κ2) is 9.94. The second-order valence-electron chi connectivity index (χ2n) is 10.4. The van der Waals surface area contributed by atoms with Crippen LogP contribution in [0.1, 0.15) is 93.6 Å². The topological polar surface area (TPSA) is 81.0 Å². The maximum Gasteiger partial charge on any atom is 0.348 e. The normalized spacial score (nSPS) is 27.8. The summed E-state index contributed by atoms with van der Waals surface area (Å²) < 4.78 is 0. The lowest BCUT2D eigenvalue weighted by molar-refractivity contribution is 0.0520. The average molecular weight is 448 g/mol. The van der Waals surface area contributed by atoms with Gasteiger partial charge in [-0.05, 0) is 71.3 Å². The highest BCUT2D eigenvalue weighted by atomic mass is 32.1. The molecule has 172 valence electrons. The predicted molar refractivity (Wildman–Crippen MR) is 125 cm³/mol. The van der Waals surface area contributed by atoms with Crippen molar-refractivity contribution in [2.45, 2.75) is 97.4 Å². The molecule has 0 saturated heterocycles. The van der Waals surface area contributed by atoms with Gasteiger partial charge >= 0.3 is 5.97 Å². The van der Waals surface area contributed by atoms with Gasteiger partial charge in [-0.2, -0.15) is 0 Å². The molecule has 0 bridgehead atoms. The zero-order valence-corrected chi connectivity index (χ0v) is 20.0. The van der Waals surface area contributed by atoms with Gasteiger partial charge < -0.3 is 20.2 Å². The van der Waals surface area contributed by atoms with E-state index in [1.165, 1.54) is 11.3 Å². The number of carbonyl (C=O) groups is 1. The van der Waals surface area contributed by atoms with Gasteiger partial charge in [0, 0.05) is 17.4 Å². The molecule has 31 heavy (non-hydrogen) atoms. The maximum absolute atomic E-state index is 12.1. The number of hydrogen-bond acceptors (Lipinski definition) is 5. The van der Waals surface area contributed by atoms with Gasteiger partial charge in [-0.1, -0.05) is 31.6 Å². The Labute approximate surface area is 190 Å². The molecular weight excluding hydrogens is 410 g/mol. The second-order valence-corrected chi connectivity index (χ2v) is 11.5. The first-order valence-corrected chi connectivity index (χ1v) is 12.4. The molecule has 1 unspecified atom stereocenters. The first-order chi connectivity index (χ1) is 14.5. The van der Waals surface area contributed by atoms with E-state index in [4.69, 9.17) is 0 Å². The maximum atomic E-state index is 12.1. The fourth-order valence-corrected chi connectivity index (χ4v) is 5.59. The Morgan fingerprint density at radius 2 is 1.74 bits per heavy atom. The highest BCUT2D eigenvalue weighted by Gasteiger charge is 2.37. The Balaban J connectivity index is 1.98. The van der Waals surface area contributed by atoms with Gasteiger partial charge in [-0.15, -0.1) is 11.3 Å². The van der Waals surface area contributed by atoms with Gasteiger partial charge in [0.1, 0.15) is 11.1 Å². The number of aliphatic hydroxyl groups is 2. The number of aliphatic hydroxyl groups excluding tert-OH is 2. The number of thiophene rings is 1. The third-order valence-corrected chi connectivity index (χ3v) is 7.60. The lowest BCUT2D eigenvalue weighted by Crippen LogP contribution is -2.50. The van der Waals surface area contributed by atoms with Crippen LogP contribution in [0.3, 0.4) is 0 Å². The third kappa shape index (κ3) is 6.25. The van der Waals surface area contributed by atoms with Crippen molar-refractivity contribution in [3.63, 3.8) is 0 Å². The van der Waals surface area contributed by atoms with Crippen molar-refractivity contribution < 1.29 is 20.1 Å². The van der Waals surface area contributed by atoms with Crippen LogP contribution in [0.2, 0.25) is 0 Å². The molecule has 2 fully saturated rings. The number of nitrogens with zero attached hydrogens (tertiary/aromatic N) is 1. The van der Waals surface area contributed by atoms with Crippen LogP contribution < -0.4 is 4.90 Å². The van der Waals surface area contributed by atoms with Crippen LogP contribution in [0, 0.1) is 29.1 Å². The predicted octanol–water partition coefficient (Wildman–Crippen LogP) is 5.10. The number of hydrogen-bond donors (Lipinski definition) is 3. The van der Waals surface area contributed by atoms with E-state index in [1.807, 2.05) is 31.7 Å². The van der Waals surface area contributed by atoms with Crippen molar-refractivity contribution in [2.24, 2.45) is 17.3 Å². The highest BCUT2D eigenvalue weighted by molar-refractivity contribution is 7.15. The van der Waals surface area contributed by atoms with Crippen molar-refractivity contribution in [2.75, 3.05) is 4.90 Å². The van der Waals surface area contributed by atoms with Gasteiger partial charge in [-0.25, -0.2) is 4.79 Å². The molecule has 0 radical (unpaired) electrons. The summed E-state index contributed by atoms with van der Waals surface area (Å²) in [7, 11) is 0. The summed E-state index contributed by atoms with van der Waals surface area (Å²) in [5, 5.41) is 31.4. The first kappa shape index (κ1) is 24.1. The van der Waals surface area contributed by atoms with E-state index in [0.717, 1.165) is 38.5 Å². The molecule has 1 aromatic rings. The van der Waals surface area contributed by atoms with E-state index >= 15 is 0 Å². The van der Waals surface area contributed by atoms with E-state index in [0.29, 0.717) is 29.3 Å². The summed E-state index contributed by atoms with van der Waals surface area (Å²) in [6, 6.07) is 1.88. The molecule has 6 heteroatoms. The third-order valence-electron chi connectivity index (χ3n) is 6.57. The zero-order chi connectivity index (χ0) is 22.8. The Morgan fingerprint density at radius 1 is 1.13 bits per heavy atom. The Bertz CT molecular complexity index is 815. The lowest BCUT2D eigenvalue weighted by atomic mass is 9.81. The quantitative estimate of drug-likeness (QED) is 0.432. The summed E-state index contributed by atoms with van der Waals surface area (Å²) in [4.78, 5) is 15.1. The molecule has 3 rings (SSSR count). The summed E-state index contributed by atoms with van der Waals surface area (Å²) in [5.41, 5.74) is 0.411. The summed E-state index contributed by atoms with van der Waals surface area (Å²) in [6.45, 7) is 8.34. The van der Waals surface area contributed by atoms with Gasteiger partial charge in [0.05, 0.1) is 16.7 Å². The van der Waals surface area contributed by atoms with E-state index in [1.54, 1.807) is 0 Å². The van der Waals surface area contributed by atoms with E-state index < -0.39 is 12.2 Å². The minimum Gasteiger partial charge on any atom is -0.477 e. The number of anilines is 1. The van der Waals surface area contributed by atoms with Crippen molar-refractivity contribution in [3.05, 3.63) is 15.8 Å². The fraction of sp³-hybridized carbons (Fsp3) is 0.720. The van der Waals surface area contributed by atoms with E-state index in [-0.39, 0.29) is 28.4 Å². The van der Waals surface area contributed by atoms with Crippen LogP contribution >= 0.6 is 11.3 Å². The monoisotopic (exact) mass is 447 g/mol. The van der Waals surface area contributed by atoms with Crippen LogP contribution in [0.15, 0.2) is 6.07 Å². The molecular formula is C25H37NO4S. The SMILES string of the molecule is CC(C)(C)C#Cc1cc(N(C(O)[C@H]2CC[C@H](C)CC2)[C@H]2CC[C@H](O)CC2)c(C(=O)O)s1. The molecule has 0 spiro atoms. The molecule has 0 aliphatic heterocycles. The largest absolute Gasteiger partial charge is 0.477 e. The highest BCUT2D eigenvalue weighted by Crippen LogP contribution is 2.40. The molecule has 2 saturated carbocycles. The fourth-order valence-electron chi connectivity index (χ4n) is 4.74. The molecule has 0 amide bonds. The first-order valence-electron chi connectivity index (χ1n) is 11.6. The van der Waals surface area contributed by atoms with Crippen LogP contribution in [0.4, 0.5) is 5.69 Å². The standard InChI is InChI=1S/C25H37NO4S/c1-16-5-7-17(8-6-16)23(28)26(18-9-11-19(27)12-10-18)21-15-20(13-14-25(2,3)4)31-22(21)24(29)30/h15-19,23,27-28H,5-12H2,1-4H3,(H,29,30)/t16-,17-,18-,19-,23?. The van der Waals surface area contributed by atoms with Gasteiger partial charge in [0.2, 0.25) is 0 Å². The molecule has 3 N–H and O–H groups in total. The Kier molecular flexibility index (Phi) is 7.72. The van der Waals surface area contributed by atoms with Crippen molar-refractivity contribution >= 4 is 23.0 Å². The number of aromatic carboxylic acids is 1. The molecule has 0 aromatic carbocycles. The van der Waals surface area contributed by atoms with E-state index in [9.17, 15) is 20.1 Å². The van der Waals surface area contributed by atoms with Gasteiger partial charge in [0.25, 0.3) is 0 Å². The lowest BCUT2D eigenvalue weighted by Gasteiger charge is -2.44. The molecule has 5 nitrogen and oxygen atoms in total. The van der Waals surface area contributed by atoms with Crippen LogP contribution in [0.25, 0.3) is 0 Å². The number of carboxylic acids is 1. The van der Waals surface area contributed by atoms with Crippen LogP contribution in [-0.2, 0) is 0 Å². The average Bonchev–Trinajstić information content (AvgIpc) is 3.12. The molecule has 2 aliphatic carbocycles. The molecule has 2 aliphatic rings. The van der Waals surface area contributed by atoms with Crippen LogP contribution in [0.5, 0.6) is 0 Å². The minimum absolute atomic E-state index is 0.0221. The zero-order valence-electron chi connectivity index (χ0n) is 19.2. The molecule has 1 atom stereocenters. The van der Waals surface area contributed by atoms with E-state index in [2.05, 4.69) is 18.8 Å². The summed E-state index contributed by atoms with van der Waals surface area (Å²) in [5.74, 6) is 6.17. The van der Waals surface area contributed by atoms with Crippen LogP contribution in [-0.4, -0.2) is 39.7 Å². The minimum atomic E-state index is -0.978. The number of carboxylic acid groups (broad SMARTS) is 1. The van der Waals surface area contributed by atoms with Gasteiger partial charge in [-0.3, -0.25) is 0 Å². The van der Waals surface area contributed by atoms with Crippen molar-refractivity contribution in [1.82, 2.24) is 0 Å². The Hall–Kier alpha value is -1.55. The van der Waals surface area contributed by atoms with Gasteiger partial charge in [0.15, 0.2) is 0 Å². The van der Waals surface area contributed by atoms with Crippen molar-refractivity contribution in [3.8, 4) is 11.8 Å². The van der Waals surface area contributed by atoms with Crippen molar-refractivity contribution in [1.29, 1.82) is 0 Å². The number of rotatable bonds is 5. The Morgan fingerprint density at radius 3 is 2.29 bits per heavy atom. The summed E-state index contributed by atoms with van der Waals surface area (Å²) in [6.07, 6.45) is 5.93. The smallest absolute Gasteiger partial charge is 0.348 e.